The lowest BCUT2D eigenvalue weighted by molar-refractivity contribution is 1.55. The van der Waals surface area contributed by atoms with Gasteiger partial charge in [0.15, 0.2) is 0 Å². The maximum atomic E-state index is 3.70. The second kappa shape index (κ2) is 12.3. The quantitative estimate of drug-likeness (QED) is 0.194. The molecule has 0 aliphatic heterocycles. The minimum atomic E-state index is 1.06. The Balaban J connectivity index is 1.02. The van der Waals surface area contributed by atoms with Crippen molar-refractivity contribution >= 4 is 43.7 Å². The first-order valence-corrected chi connectivity index (χ1v) is 16.8. The summed E-state index contributed by atoms with van der Waals surface area (Å²) in [6.07, 6.45) is 0. The maximum Gasteiger partial charge on any atom is 0.0396 e. The molecule has 0 saturated heterocycles. The smallest absolute Gasteiger partial charge is 0.0396 e. The van der Waals surface area contributed by atoms with E-state index in [4.69, 9.17) is 0 Å². The fraction of sp³-hybridized carbons (Fsp3) is 0. The summed E-state index contributed by atoms with van der Waals surface area (Å²) in [6, 6.07) is 70.0. The van der Waals surface area contributed by atoms with Crippen LogP contribution in [0.4, 0.5) is 11.4 Å². The highest BCUT2D eigenvalue weighted by atomic mass is 14.9. The Hall–Kier alpha value is -6.44. The van der Waals surface area contributed by atoms with Crippen molar-refractivity contribution in [3.05, 3.63) is 194 Å². The first kappa shape index (κ1) is 28.8. The molecule has 0 bridgehead atoms. The minimum absolute atomic E-state index is 1.06. The molecule has 1 N–H and O–H groups in total. The topological polar surface area (TPSA) is 12.0 Å². The minimum Gasteiger partial charge on any atom is -0.355 e. The van der Waals surface area contributed by atoms with Gasteiger partial charge in [0.25, 0.3) is 0 Å². The lowest BCUT2D eigenvalue weighted by Crippen LogP contribution is -1.93. The van der Waals surface area contributed by atoms with Crippen LogP contribution in [0.2, 0.25) is 0 Å². The molecule has 9 aromatic rings. The maximum absolute atomic E-state index is 3.70. The van der Waals surface area contributed by atoms with E-state index in [1.165, 1.54) is 76.8 Å². The zero-order chi connectivity index (χ0) is 32.6. The van der Waals surface area contributed by atoms with Crippen LogP contribution in [0.1, 0.15) is 0 Å². The molecule has 230 valence electrons. The monoisotopic (exact) mass is 623 g/mol. The molecule has 9 rings (SSSR count). The molecule has 0 amide bonds. The number of anilines is 2. The highest BCUT2D eigenvalue weighted by molar-refractivity contribution is 6.08. The van der Waals surface area contributed by atoms with Crippen LogP contribution >= 0.6 is 0 Å². The van der Waals surface area contributed by atoms with Crippen LogP contribution in [0.3, 0.4) is 0 Å². The predicted octanol–water partition coefficient (Wildman–Crippen LogP) is 13.6. The summed E-state index contributed by atoms with van der Waals surface area (Å²) in [6.45, 7) is 0. The molecule has 0 unspecified atom stereocenters. The molecule has 0 spiro atoms. The first-order chi connectivity index (χ1) is 24.3. The van der Waals surface area contributed by atoms with Gasteiger partial charge in [-0.05, 0) is 101 Å². The second-order valence-electron chi connectivity index (χ2n) is 12.6. The Morgan fingerprint density at radius 3 is 1.45 bits per heavy atom. The number of rotatable bonds is 6. The molecule has 0 saturated carbocycles. The van der Waals surface area contributed by atoms with E-state index in [1.54, 1.807) is 0 Å². The van der Waals surface area contributed by atoms with Gasteiger partial charge >= 0.3 is 0 Å². The fourth-order valence-electron chi connectivity index (χ4n) is 7.26. The molecule has 0 aromatic heterocycles. The summed E-state index contributed by atoms with van der Waals surface area (Å²) in [5.41, 5.74) is 12.0. The Morgan fingerprint density at radius 1 is 0.265 bits per heavy atom. The van der Waals surface area contributed by atoms with Gasteiger partial charge in [0.1, 0.15) is 0 Å². The normalized spacial score (nSPS) is 11.3. The van der Waals surface area contributed by atoms with E-state index in [-0.39, 0.29) is 0 Å². The van der Waals surface area contributed by atoms with Crippen molar-refractivity contribution in [3.63, 3.8) is 0 Å². The number of nitrogens with one attached hydrogen (secondary N) is 1. The molecule has 0 heterocycles. The summed E-state index contributed by atoms with van der Waals surface area (Å²) < 4.78 is 0. The van der Waals surface area contributed by atoms with Gasteiger partial charge in [0, 0.05) is 11.4 Å². The van der Waals surface area contributed by atoms with Crippen LogP contribution in [-0.2, 0) is 0 Å². The third-order valence-electron chi connectivity index (χ3n) is 9.63. The highest BCUT2D eigenvalue weighted by Crippen LogP contribution is 2.39. The van der Waals surface area contributed by atoms with E-state index in [1.807, 2.05) is 0 Å². The van der Waals surface area contributed by atoms with Gasteiger partial charge in [0.2, 0.25) is 0 Å². The molecule has 1 nitrogen and oxygen atoms in total. The van der Waals surface area contributed by atoms with Crippen molar-refractivity contribution in [2.24, 2.45) is 0 Å². The van der Waals surface area contributed by atoms with Gasteiger partial charge in [0.05, 0.1) is 0 Å². The zero-order valence-corrected chi connectivity index (χ0v) is 27.0. The molecule has 9 aromatic carbocycles. The van der Waals surface area contributed by atoms with Crippen LogP contribution in [0, 0.1) is 0 Å². The van der Waals surface area contributed by atoms with E-state index in [0.29, 0.717) is 0 Å². The third kappa shape index (κ3) is 5.42. The Kier molecular flexibility index (Phi) is 7.22. The van der Waals surface area contributed by atoms with Gasteiger partial charge in [-0.15, -0.1) is 0 Å². The molecular formula is C48H33N. The van der Waals surface area contributed by atoms with E-state index in [0.717, 1.165) is 11.4 Å². The standard InChI is InChI=1S/C48H33N/c1-2-11-36(12-3-1)44-20-9-16-38-17-10-21-45(48(38)44)37-25-23-33(24-26-37)34-27-29-40(30-28-34)49-41-31-39-14-5-7-19-43(39)47(32-41)46-22-8-15-35-13-4-6-18-42(35)46/h1-32,49H. The highest BCUT2D eigenvalue weighted by Gasteiger charge is 2.12. The van der Waals surface area contributed by atoms with Crippen molar-refractivity contribution in [1.29, 1.82) is 0 Å². The molecule has 0 radical (unpaired) electrons. The predicted molar refractivity (Wildman–Crippen MR) is 210 cm³/mol. The van der Waals surface area contributed by atoms with E-state index < -0.39 is 0 Å². The van der Waals surface area contributed by atoms with Crippen molar-refractivity contribution in [1.82, 2.24) is 0 Å². The summed E-state index contributed by atoms with van der Waals surface area (Å²) in [5, 5.41) is 11.2. The lowest BCUT2D eigenvalue weighted by Gasteiger charge is -2.15. The average Bonchev–Trinajstić information content (AvgIpc) is 3.17. The van der Waals surface area contributed by atoms with Crippen LogP contribution < -0.4 is 5.32 Å². The SMILES string of the molecule is c1ccc(-c2cccc3cccc(-c4ccc(-c5ccc(Nc6cc(-c7cccc8ccccc78)c7ccccc7c6)cc5)cc4)c23)cc1. The zero-order valence-electron chi connectivity index (χ0n) is 27.0. The van der Waals surface area contributed by atoms with Gasteiger partial charge in [-0.2, -0.15) is 0 Å². The molecular weight excluding hydrogens is 591 g/mol. The van der Waals surface area contributed by atoms with E-state index in [9.17, 15) is 0 Å². The van der Waals surface area contributed by atoms with Gasteiger partial charge in [-0.25, -0.2) is 0 Å². The number of fused-ring (bicyclic) bond motifs is 3. The first-order valence-electron chi connectivity index (χ1n) is 16.8. The summed E-state index contributed by atoms with van der Waals surface area (Å²) in [5.74, 6) is 0. The molecule has 0 aliphatic rings. The van der Waals surface area contributed by atoms with Crippen molar-refractivity contribution in [2.75, 3.05) is 5.32 Å². The molecule has 0 fully saturated rings. The van der Waals surface area contributed by atoms with Gasteiger partial charge in [-0.1, -0.05) is 170 Å². The van der Waals surface area contributed by atoms with Crippen LogP contribution in [-0.4, -0.2) is 0 Å². The van der Waals surface area contributed by atoms with E-state index in [2.05, 4.69) is 199 Å². The largest absolute Gasteiger partial charge is 0.355 e. The number of hydrogen-bond donors (Lipinski definition) is 1. The van der Waals surface area contributed by atoms with Crippen LogP contribution in [0.15, 0.2) is 194 Å². The average molecular weight is 624 g/mol. The third-order valence-corrected chi connectivity index (χ3v) is 9.63. The summed E-state index contributed by atoms with van der Waals surface area (Å²) >= 11 is 0. The summed E-state index contributed by atoms with van der Waals surface area (Å²) in [4.78, 5) is 0. The Labute approximate surface area is 286 Å². The van der Waals surface area contributed by atoms with Gasteiger partial charge < -0.3 is 5.32 Å². The second-order valence-corrected chi connectivity index (χ2v) is 12.6. The van der Waals surface area contributed by atoms with Crippen molar-refractivity contribution < 1.29 is 0 Å². The number of hydrogen-bond acceptors (Lipinski definition) is 1. The van der Waals surface area contributed by atoms with Crippen molar-refractivity contribution in [2.45, 2.75) is 0 Å². The van der Waals surface area contributed by atoms with Crippen LogP contribution in [0.5, 0.6) is 0 Å². The number of benzene rings is 9. The fourth-order valence-corrected chi connectivity index (χ4v) is 7.26. The molecule has 1 heteroatoms. The summed E-state index contributed by atoms with van der Waals surface area (Å²) in [7, 11) is 0. The van der Waals surface area contributed by atoms with Crippen molar-refractivity contribution in [3.8, 4) is 44.5 Å². The molecule has 0 atom stereocenters. The van der Waals surface area contributed by atoms with E-state index >= 15 is 0 Å². The van der Waals surface area contributed by atoms with Crippen LogP contribution in [0.25, 0.3) is 76.8 Å². The Morgan fingerprint density at radius 2 is 0.755 bits per heavy atom. The lowest BCUT2D eigenvalue weighted by atomic mass is 9.91. The Bertz CT molecular complexity index is 2590. The van der Waals surface area contributed by atoms with Gasteiger partial charge in [-0.3, -0.25) is 0 Å². The molecule has 0 aliphatic carbocycles. The molecule has 49 heavy (non-hydrogen) atoms.